The molecule has 208 valence electrons. The molecule has 3 atom stereocenters. The van der Waals surface area contributed by atoms with Crippen LogP contribution in [0.4, 0.5) is 5.69 Å². The molecule has 0 saturated heterocycles. The van der Waals surface area contributed by atoms with Crippen molar-refractivity contribution in [1.82, 2.24) is 9.80 Å². The third kappa shape index (κ3) is 7.52. The lowest BCUT2D eigenvalue weighted by Gasteiger charge is -2.34. The standard InChI is InChI=1S/C32H41N3O4/c1-23-19-35(24(2)22-36)32(37)18-26-17-27(33(3)4)13-16-30(26)39-31(23)21-34(5)20-25-11-14-29(15-12-25)38-28-9-7-6-8-10-28/h6-17,23-24,31,36H,18-22H2,1-5H3/t23-,24+,31-/m0/s1. The number of carbonyl (C=O) groups excluding carboxylic acids is 1. The van der Waals surface area contributed by atoms with E-state index in [2.05, 4.69) is 31.0 Å². The van der Waals surface area contributed by atoms with Gasteiger partial charge in [0.1, 0.15) is 23.4 Å². The van der Waals surface area contributed by atoms with Crippen LogP contribution in [0.15, 0.2) is 72.8 Å². The van der Waals surface area contributed by atoms with E-state index >= 15 is 0 Å². The SMILES string of the molecule is C[C@H](CO)N1C[C@H](C)[C@H](CN(C)Cc2ccc(Oc3ccccc3)cc2)Oc2ccc(N(C)C)cc2CC1=O. The predicted octanol–water partition coefficient (Wildman–Crippen LogP) is 4.83. The third-order valence-corrected chi connectivity index (χ3v) is 7.26. The quantitative estimate of drug-likeness (QED) is 0.427. The van der Waals surface area contributed by atoms with Gasteiger partial charge in [-0.05, 0) is 62.0 Å². The summed E-state index contributed by atoms with van der Waals surface area (Å²) in [4.78, 5) is 19.4. The topological polar surface area (TPSA) is 65.5 Å². The highest BCUT2D eigenvalue weighted by atomic mass is 16.5. The summed E-state index contributed by atoms with van der Waals surface area (Å²) >= 11 is 0. The lowest BCUT2D eigenvalue weighted by Crippen LogP contribution is -2.47. The molecule has 1 amide bonds. The van der Waals surface area contributed by atoms with E-state index in [0.29, 0.717) is 13.1 Å². The molecule has 4 rings (SSSR count). The lowest BCUT2D eigenvalue weighted by molar-refractivity contribution is -0.134. The predicted molar refractivity (Wildman–Crippen MR) is 156 cm³/mol. The van der Waals surface area contributed by atoms with Crippen LogP contribution in [0, 0.1) is 5.92 Å². The lowest BCUT2D eigenvalue weighted by atomic mass is 10.0. The number of hydrogen-bond donors (Lipinski definition) is 1. The number of anilines is 1. The summed E-state index contributed by atoms with van der Waals surface area (Å²) in [5.74, 6) is 2.44. The minimum atomic E-state index is -0.256. The summed E-state index contributed by atoms with van der Waals surface area (Å²) in [6, 6.07) is 23.7. The monoisotopic (exact) mass is 531 g/mol. The first kappa shape index (κ1) is 28.5. The van der Waals surface area contributed by atoms with Crippen molar-refractivity contribution >= 4 is 11.6 Å². The number of ether oxygens (including phenoxy) is 2. The number of carbonyl (C=O) groups is 1. The number of para-hydroxylation sites is 1. The van der Waals surface area contributed by atoms with Gasteiger partial charge in [-0.1, -0.05) is 37.3 Å². The second kappa shape index (κ2) is 13.0. The molecular weight excluding hydrogens is 490 g/mol. The summed E-state index contributed by atoms with van der Waals surface area (Å²) in [5, 5.41) is 9.86. The van der Waals surface area contributed by atoms with Crippen LogP contribution in [0.2, 0.25) is 0 Å². The molecule has 1 heterocycles. The molecule has 1 aliphatic heterocycles. The molecule has 0 saturated carbocycles. The highest BCUT2D eigenvalue weighted by molar-refractivity contribution is 5.80. The first-order chi connectivity index (χ1) is 18.7. The maximum absolute atomic E-state index is 13.3. The Morgan fingerprint density at radius 3 is 2.38 bits per heavy atom. The molecule has 0 radical (unpaired) electrons. The number of fused-ring (bicyclic) bond motifs is 1. The summed E-state index contributed by atoms with van der Waals surface area (Å²) in [6.45, 7) is 5.91. The molecule has 7 heteroatoms. The Balaban J connectivity index is 1.50. The number of hydrogen-bond acceptors (Lipinski definition) is 6. The van der Waals surface area contributed by atoms with Gasteiger partial charge in [0.15, 0.2) is 0 Å². The van der Waals surface area contributed by atoms with Crippen molar-refractivity contribution in [2.24, 2.45) is 5.92 Å². The van der Waals surface area contributed by atoms with E-state index in [4.69, 9.17) is 9.47 Å². The normalized spacial score (nSPS) is 18.4. The van der Waals surface area contributed by atoms with Crippen molar-refractivity contribution in [3.63, 3.8) is 0 Å². The molecule has 1 aliphatic rings. The molecular formula is C32H41N3O4. The van der Waals surface area contributed by atoms with Crippen LogP contribution in [0.3, 0.4) is 0 Å². The van der Waals surface area contributed by atoms with Crippen molar-refractivity contribution < 1.29 is 19.4 Å². The van der Waals surface area contributed by atoms with Crippen LogP contribution >= 0.6 is 0 Å². The number of likely N-dealkylation sites (N-methyl/N-ethyl adjacent to an activating group) is 1. The van der Waals surface area contributed by atoms with Gasteiger partial charge in [-0.15, -0.1) is 0 Å². The summed E-state index contributed by atoms with van der Waals surface area (Å²) in [6.07, 6.45) is 0.104. The Hall–Kier alpha value is -3.55. The molecule has 3 aromatic rings. The van der Waals surface area contributed by atoms with E-state index in [1.165, 1.54) is 5.56 Å². The van der Waals surface area contributed by atoms with Crippen LogP contribution in [-0.4, -0.2) is 73.8 Å². The van der Waals surface area contributed by atoms with Gasteiger partial charge >= 0.3 is 0 Å². The summed E-state index contributed by atoms with van der Waals surface area (Å²) in [7, 11) is 6.06. The van der Waals surface area contributed by atoms with E-state index in [-0.39, 0.29) is 37.0 Å². The van der Waals surface area contributed by atoms with Crippen molar-refractivity contribution in [3.05, 3.63) is 83.9 Å². The molecule has 0 bridgehead atoms. The zero-order valence-corrected chi connectivity index (χ0v) is 23.7. The van der Waals surface area contributed by atoms with Crippen molar-refractivity contribution in [2.45, 2.75) is 39.0 Å². The number of rotatable bonds is 9. The molecule has 39 heavy (non-hydrogen) atoms. The number of nitrogens with zero attached hydrogens (tertiary/aromatic N) is 3. The molecule has 0 aliphatic carbocycles. The fraction of sp³-hybridized carbons (Fsp3) is 0.406. The van der Waals surface area contributed by atoms with Crippen LogP contribution in [0.25, 0.3) is 0 Å². The zero-order chi connectivity index (χ0) is 27.9. The average Bonchev–Trinajstić information content (AvgIpc) is 2.97. The van der Waals surface area contributed by atoms with E-state index in [9.17, 15) is 9.90 Å². The average molecular weight is 532 g/mol. The Morgan fingerprint density at radius 2 is 1.72 bits per heavy atom. The summed E-state index contributed by atoms with van der Waals surface area (Å²) in [5.41, 5.74) is 3.07. The number of aliphatic hydroxyl groups is 1. The van der Waals surface area contributed by atoms with E-state index in [0.717, 1.165) is 35.0 Å². The minimum Gasteiger partial charge on any atom is -0.488 e. The number of amides is 1. The maximum Gasteiger partial charge on any atom is 0.227 e. The Labute approximate surface area is 232 Å². The highest BCUT2D eigenvalue weighted by Gasteiger charge is 2.31. The third-order valence-electron chi connectivity index (χ3n) is 7.26. The smallest absolute Gasteiger partial charge is 0.227 e. The number of benzene rings is 3. The van der Waals surface area contributed by atoms with Gasteiger partial charge < -0.3 is 24.4 Å². The van der Waals surface area contributed by atoms with E-state index in [1.807, 2.05) is 91.5 Å². The van der Waals surface area contributed by atoms with Gasteiger partial charge in [0.05, 0.1) is 19.1 Å². The van der Waals surface area contributed by atoms with Crippen LogP contribution in [0.5, 0.6) is 17.2 Å². The first-order valence-electron chi connectivity index (χ1n) is 13.6. The van der Waals surface area contributed by atoms with Gasteiger partial charge in [0.2, 0.25) is 5.91 Å². The van der Waals surface area contributed by atoms with Gasteiger partial charge in [0, 0.05) is 50.9 Å². The fourth-order valence-electron chi connectivity index (χ4n) is 4.88. The second-order valence-corrected chi connectivity index (χ2v) is 10.8. The van der Waals surface area contributed by atoms with Crippen molar-refractivity contribution in [1.29, 1.82) is 0 Å². The van der Waals surface area contributed by atoms with Gasteiger partial charge in [0.25, 0.3) is 0 Å². The van der Waals surface area contributed by atoms with Gasteiger partial charge in [-0.25, -0.2) is 0 Å². The molecule has 0 spiro atoms. The zero-order valence-electron chi connectivity index (χ0n) is 23.7. The second-order valence-electron chi connectivity index (χ2n) is 10.8. The highest BCUT2D eigenvalue weighted by Crippen LogP contribution is 2.30. The summed E-state index contributed by atoms with van der Waals surface area (Å²) < 4.78 is 12.6. The number of aliphatic hydroxyl groups excluding tert-OH is 1. The Morgan fingerprint density at radius 1 is 1.03 bits per heavy atom. The van der Waals surface area contributed by atoms with Gasteiger partial charge in [-0.2, -0.15) is 0 Å². The van der Waals surface area contributed by atoms with E-state index in [1.54, 1.807) is 0 Å². The van der Waals surface area contributed by atoms with Gasteiger partial charge in [-0.3, -0.25) is 9.69 Å². The molecule has 0 unspecified atom stereocenters. The molecule has 7 nitrogen and oxygen atoms in total. The first-order valence-corrected chi connectivity index (χ1v) is 13.6. The molecule has 3 aromatic carbocycles. The Kier molecular flexibility index (Phi) is 9.49. The van der Waals surface area contributed by atoms with Crippen molar-refractivity contribution in [2.75, 3.05) is 45.7 Å². The largest absolute Gasteiger partial charge is 0.488 e. The van der Waals surface area contributed by atoms with Crippen LogP contribution in [-0.2, 0) is 17.8 Å². The van der Waals surface area contributed by atoms with E-state index < -0.39 is 0 Å². The molecule has 0 aromatic heterocycles. The van der Waals surface area contributed by atoms with Crippen molar-refractivity contribution in [3.8, 4) is 17.2 Å². The minimum absolute atomic E-state index is 0.0102. The molecule has 0 fully saturated rings. The fourth-order valence-corrected chi connectivity index (χ4v) is 4.88. The molecule has 1 N–H and O–H groups in total. The van der Waals surface area contributed by atoms with Crippen LogP contribution in [0.1, 0.15) is 25.0 Å². The maximum atomic E-state index is 13.3. The Bertz CT molecular complexity index is 1220. The van der Waals surface area contributed by atoms with Crippen LogP contribution < -0.4 is 14.4 Å².